The Hall–Kier alpha value is -2.63. The van der Waals surface area contributed by atoms with Crippen molar-refractivity contribution < 1.29 is 14.7 Å². The lowest BCUT2D eigenvalue weighted by molar-refractivity contribution is -0.140. The number of benzene rings is 1. The molecular weight excluding hydrogens is 282 g/mol. The second kappa shape index (κ2) is 6.01. The van der Waals surface area contributed by atoms with Crippen LogP contribution in [0.3, 0.4) is 0 Å². The highest BCUT2D eigenvalue weighted by molar-refractivity contribution is 5.89. The molecule has 2 N–H and O–H groups in total. The molecule has 0 unspecified atom stereocenters. The lowest BCUT2D eigenvalue weighted by Crippen LogP contribution is -2.28. The summed E-state index contributed by atoms with van der Waals surface area (Å²) >= 11 is 0. The van der Waals surface area contributed by atoms with Crippen molar-refractivity contribution in [1.82, 2.24) is 15.1 Å². The molecule has 1 aromatic heterocycles. The molecule has 1 fully saturated rings. The van der Waals surface area contributed by atoms with Crippen molar-refractivity contribution >= 4 is 11.9 Å². The first-order chi connectivity index (χ1) is 10.6. The van der Waals surface area contributed by atoms with E-state index in [0.717, 1.165) is 11.3 Å². The monoisotopic (exact) mass is 299 g/mol. The van der Waals surface area contributed by atoms with Crippen LogP contribution in [-0.4, -0.2) is 33.3 Å². The maximum absolute atomic E-state index is 11.7. The molecule has 0 bridgehead atoms. The predicted molar refractivity (Wildman–Crippen MR) is 79.5 cm³/mol. The van der Waals surface area contributed by atoms with Crippen molar-refractivity contribution in [2.45, 2.75) is 12.8 Å². The standard InChI is InChI=1S/C16H17N3O3/c20-15(13-8-14(13)16(21)22)17-7-6-11-9-18-19(10-11)12-4-2-1-3-5-12/h1-5,9-10,13-14H,6-8H2,(H,17,20)(H,21,22)/t13-,14+/m1/s1. The van der Waals surface area contributed by atoms with Crippen molar-refractivity contribution in [3.63, 3.8) is 0 Å². The first-order valence-corrected chi connectivity index (χ1v) is 7.24. The average molecular weight is 299 g/mol. The summed E-state index contributed by atoms with van der Waals surface area (Å²) in [4.78, 5) is 22.5. The number of carbonyl (C=O) groups is 2. The van der Waals surface area contributed by atoms with Gasteiger partial charge in [-0.3, -0.25) is 9.59 Å². The molecule has 3 rings (SSSR count). The third kappa shape index (κ3) is 3.16. The van der Waals surface area contributed by atoms with Crippen LogP contribution in [0, 0.1) is 11.8 Å². The molecule has 22 heavy (non-hydrogen) atoms. The fraction of sp³-hybridized carbons (Fsp3) is 0.312. The van der Waals surface area contributed by atoms with Gasteiger partial charge in [-0.05, 0) is 30.5 Å². The van der Waals surface area contributed by atoms with Gasteiger partial charge in [-0.2, -0.15) is 5.10 Å². The summed E-state index contributed by atoms with van der Waals surface area (Å²) in [6.07, 6.45) is 4.82. The van der Waals surface area contributed by atoms with Crippen LogP contribution in [0.1, 0.15) is 12.0 Å². The Kier molecular flexibility index (Phi) is 3.91. The highest BCUT2D eigenvalue weighted by Gasteiger charge is 2.48. The molecule has 2 atom stereocenters. The number of carbonyl (C=O) groups excluding carboxylic acids is 1. The summed E-state index contributed by atoms with van der Waals surface area (Å²) in [7, 11) is 0. The molecule has 0 spiro atoms. The van der Waals surface area contributed by atoms with Crippen molar-refractivity contribution in [2.24, 2.45) is 11.8 Å². The van der Waals surface area contributed by atoms with Gasteiger partial charge in [0, 0.05) is 12.7 Å². The van der Waals surface area contributed by atoms with E-state index in [0.29, 0.717) is 19.4 Å². The van der Waals surface area contributed by atoms with Gasteiger partial charge in [0.1, 0.15) is 0 Å². The summed E-state index contributed by atoms with van der Waals surface area (Å²) in [5, 5.41) is 15.9. The van der Waals surface area contributed by atoms with Crippen molar-refractivity contribution in [2.75, 3.05) is 6.54 Å². The third-order valence-corrected chi connectivity index (χ3v) is 3.81. The van der Waals surface area contributed by atoms with Crippen LogP contribution in [0.15, 0.2) is 42.7 Å². The molecule has 1 aromatic carbocycles. The van der Waals surface area contributed by atoms with Gasteiger partial charge in [-0.15, -0.1) is 0 Å². The van der Waals surface area contributed by atoms with Crippen LogP contribution in [0.2, 0.25) is 0 Å². The van der Waals surface area contributed by atoms with Crippen LogP contribution >= 0.6 is 0 Å². The van der Waals surface area contributed by atoms with E-state index in [1.807, 2.05) is 36.5 Å². The van der Waals surface area contributed by atoms with E-state index >= 15 is 0 Å². The second-order valence-corrected chi connectivity index (χ2v) is 5.46. The number of para-hydroxylation sites is 1. The van der Waals surface area contributed by atoms with Gasteiger partial charge in [-0.1, -0.05) is 18.2 Å². The van der Waals surface area contributed by atoms with Crippen molar-refractivity contribution in [3.8, 4) is 5.69 Å². The molecule has 0 aliphatic heterocycles. The number of amides is 1. The number of carboxylic acid groups (broad SMARTS) is 1. The van der Waals surface area contributed by atoms with Gasteiger partial charge in [0.15, 0.2) is 0 Å². The molecule has 114 valence electrons. The number of hydrogen-bond acceptors (Lipinski definition) is 3. The fourth-order valence-electron chi connectivity index (χ4n) is 2.43. The normalized spacial score (nSPS) is 19.6. The zero-order valence-electron chi connectivity index (χ0n) is 12.0. The van der Waals surface area contributed by atoms with Crippen molar-refractivity contribution in [3.05, 3.63) is 48.3 Å². The maximum atomic E-state index is 11.7. The number of carboxylic acids is 1. The minimum Gasteiger partial charge on any atom is -0.481 e. The van der Waals surface area contributed by atoms with Gasteiger partial charge < -0.3 is 10.4 Å². The lowest BCUT2D eigenvalue weighted by Gasteiger charge is -2.03. The van der Waals surface area contributed by atoms with Crippen LogP contribution < -0.4 is 5.32 Å². The summed E-state index contributed by atoms with van der Waals surface area (Å²) < 4.78 is 1.79. The minimum atomic E-state index is -0.885. The van der Waals surface area contributed by atoms with E-state index in [2.05, 4.69) is 10.4 Å². The molecule has 1 saturated carbocycles. The minimum absolute atomic E-state index is 0.164. The van der Waals surface area contributed by atoms with E-state index in [-0.39, 0.29) is 11.8 Å². The second-order valence-electron chi connectivity index (χ2n) is 5.46. The Morgan fingerprint density at radius 3 is 2.73 bits per heavy atom. The molecule has 2 aromatic rings. The molecule has 6 nitrogen and oxygen atoms in total. The van der Waals surface area contributed by atoms with Crippen LogP contribution in [-0.2, 0) is 16.0 Å². The SMILES string of the molecule is O=C(O)[C@H]1C[C@H]1C(=O)NCCc1cnn(-c2ccccc2)c1. The van der Waals surface area contributed by atoms with Gasteiger partial charge in [0.25, 0.3) is 0 Å². The molecule has 1 aliphatic carbocycles. The number of rotatable bonds is 6. The Balaban J connectivity index is 1.48. The Morgan fingerprint density at radius 1 is 1.27 bits per heavy atom. The Morgan fingerprint density at radius 2 is 2.05 bits per heavy atom. The number of hydrogen-bond donors (Lipinski definition) is 2. The number of aromatic nitrogens is 2. The Bertz CT molecular complexity index is 681. The Labute approximate surface area is 127 Å². The smallest absolute Gasteiger partial charge is 0.307 e. The molecule has 0 saturated heterocycles. The topological polar surface area (TPSA) is 84.2 Å². The first kappa shape index (κ1) is 14.3. The van der Waals surface area contributed by atoms with E-state index in [9.17, 15) is 9.59 Å². The van der Waals surface area contributed by atoms with Gasteiger partial charge in [-0.25, -0.2) is 4.68 Å². The van der Waals surface area contributed by atoms with Crippen LogP contribution in [0.25, 0.3) is 5.69 Å². The largest absolute Gasteiger partial charge is 0.481 e. The first-order valence-electron chi connectivity index (χ1n) is 7.24. The van der Waals surface area contributed by atoms with Crippen LogP contribution in [0.4, 0.5) is 0 Å². The van der Waals surface area contributed by atoms with Gasteiger partial charge in [0.2, 0.25) is 5.91 Å². The van der Waals surface area contributed by atoms with Gasteiger partial charge >= 0.3 is 5.97 Å². The van der Waals surface area contributed by atoms with Crippen molar-refractivity contribution in [1.29, 1.82) is 0 Å². The fourth-order valence-corrected chi connectivity index (χ4v) is 2.43. The summed E-state index contributed by atoms with van der Waals surface area (Å²) in [5.41, 5.74) is 2.01. The van der Waals surface area contributed by atoms with E-state index < -0.39 is 11.9 Å². The summed E-state index contributed by atoms with van der Waals surface area (Å²) in [6.45, 7) is 0.488. The number of nitrogens with one attached hydrogen (secondary N) is 1. The molecule has 1 heterocycles. The molecule has 1 amide bonds. The van der Waals surface area contributed by atoms with Gasteiger partial charge in [0.05, 0.1) is 23.7 Å². The third-order valence-electron chi connectivity index (χ3n) is 3.81. The highest BCUT2D eigenvalue weighted by atomic mass is 16.4. The zero-order valence-corrected chi connectivity index (χ0v) is 12.0. The molecule has 0 radical (unpaired) electrons. The predicted octanol–water partition coefficient (Wildman–Crippen LogP) is 1.25. The highest BCUT2D eigenvalue weighted by Crippen LogP contribution is 2.38. The summed E-state index contributed by atoms with van der Waals surface area (Å²) in [6, 6.07) is 9.79. The molecule has 6 heteroatoms. The number of aliphatic carboxylic acids is 1. The number of nitrogens with zero attached hydrogens (tertiary/aromatic N) is 2. The van der Waals surface area contributed by atoms with E-state index in [4.69, 9.17) is 5.11 Å². The maximum Gasteiger partial charge on any atom is 0.307 e. The quantitative estimate of drug-likeness (QED) is 0.841. The average Bonchev–Trinajstić information content (AvgIpc) is 3.21. The molecule has 1 aliphatic rings. The zero-order chi connectivity index (χ0) is 15.5. The molecular formula is C16H17N3O3. The lowest BCUT2D eigenvalue weighted by atomic mass is 10.2. The van der Waals surface area contributed by atoms with E-state index in [1.54, 1.807) is 10.9 Å². The van der Waals surface area contributed by atoms with Crippen LogP contribution in [0.5, 0.6) is 0 Å². The summed E-state index contributed by atoms with van der Waals surface area (Å²) in [5.74, 6) is -1.91. The van der Waals surface area contributed by atoms with E-state index in [1.165, 1.54) is 0 Å².